The molecule has 0 aromatic heterocycles. The maximum Gasteiger partial charge on any atom is 0.224 e. The van der Waals surface area contributed by atoms with Crippen LogP contribution >= 0.6 is 0 Å². The predicted octanol–water partition coefficient (Wildman–Crippen LogP) is 2.05. The number of amides is 1. The molecular weight excluding hydrogens is 264 g/mol. The van der Waals surface area contributed by atoms with Crippen molar-refractivity contribution in [1.82, 2.24) is 4.90 Å². The molecule has 2 aliphatic heterocycles. The van der Waals surface area contributed by atoms with E-state index in [2.05, 4.69) is 28.5 Å². The molecule has 1 aromatic carbocycles. The van der Waals surface area contributed by atoms with Crippen molar-refractivity contribution >= 4 is 23.0 Å². The summed E-state index contributed by atoms with van der Waals surface area (Å²) in [5.74, 6) is 0.0773. The highest BCUT2D eigenvalue weighted by atomic mass is 16.1. The average molecular weight is 288 g/mol. The Labute approximate surface area is 125 Å². The molecule has 4 N–H and O–H groups in total. The van der Waals surface area contributed by atoms with Crippen LogP contribution in [0.25, 0.3) is 0 Å². The van der Waals surface area contributed by atoms with Crippen LogP contribution in [0.2, 0.25) is 0 Å². The Kier molecular flexibility index (Phi) is 4.01. The van der Waals surface area contributed by atoms with Gasteiger partial charge in [-0.3, -0.25) is 4.79 Å². The van der Waals surface area contributed by atoms with Crippen molar-refractivity contribution in [3.8, 4) is 0 Å². The number of nitrogens with zero attached hydrogens (tertiary/aromatic N) is 1. The number of nitrogen functional groups attached to an aromatic ring is 1. The number of anilines is 3. The highest BCUT2D eigenvalue weighted by molar-refractivity contribution is 5.95. The zero-order valence-corrected chi connectivity index (χ0v) is 12.6. The maximum atomic E-state index is 11.4. The smallest absolute Gasteiger partial charge is 0.224 e. The largest absolute Gasteiger partial charge is 0.397 e. The lowest BCUT2D eigenvalue weighted by Gasteiger charge is -2.33. The van der Waals surface area contributed by atoms with Crippen LogP contribution in [0.3, 0.4) is 0 Å². The van der Waals surface area contributed by atoms with Gasteiger partial charge in [-0.05, 0) is 50.0 Å². The molecule has 5 nitrogen and oxygen atoms in total. The van der Waals surface area contributed by atoms with E-state index < -0.39 is 0 Å². The molecule has 1 unspecified atom stereocenters. The Balaban J connectivity index is 1.75. The molecule has 1 aromatic rings. The zero-order chi connectivity index (χ0) is 14.8. The van der Waals surface area contributed by atoms with Crippen molar-refractivity contribution in [2.24, 2.45) is 0 Å². The molecule has 114 valence electrons. The highest BCUT2D eigenvalue weighted by Crippen LogP contribution is 2.32. The van der Waals surface area contributed by atoms with Crippen molar-refractivity contribution in [2.75, 3.05) is 36.0 Å². The molecular formula is C16H24N4O. The van der Waals surface area contributed by atoms with Crippen molar-refractivity contribution in [3.63, 3.8) is 0 Å². The lowest BCUT2D eigenvalue weighted by atomic mass is 10.00. The van der Waals surface area contributed by atoms with Gasteiger partial charge in [0, 0.05) is 24.7 Å². The van der Waals surface area contributed by atoms with Gasteiger partial charge in [-0.1, -0.05) is 6.92 Å². The van der Waals surface area contributed by atoms with E-state index in [1.807, 2.05) is 6.07 Å². The van der Waals surface area contributed by atoms with Crippen LogP contribution in [0.15, 0.2) is 12.1 Å². The molecule has 21 heavy (non-hydrogen) atoms. The van der Waals surface area contributed by atoms with Gasteiger partial charge in [-0.15, -0.1) is 0 Å². The van der Waals surface area contributed by atoms with Crippen LogP contribution in [0.1, 0.15) is 31.7 Å². The van der Waals surface area contributed by atoms with Gasteiger partial charge in [0.2, 0.25) is 5.91 Å². The first-order valence-corrected chi connectivity index (χ1v) is 7.87. The molecule has 2 aliphatic rings. The van der Waals surface area contributed by atoms with Gasteiger partial charge in [0.15, 0.2) is 0 Å². The standard InChI is InChI=1S/C16H24N4O/c1-2-20-7-3-4-12(10-20)18-15-8-11-5-6-16(21)19-14(11)9-13(15)17/h8-9,12,18H,2-7,10,17H2,1H3,(H,19,21). The Morgan fingerprint density at radius 3 is 3.10 bits per heavy atom. The Morgan fingerprint density at radius 2 is 2.29 bits per heavy atom. The topological polar surface area (TPSA) is 70.4 Å². The zero-order valence-electron chi connectivity index (χ0n) is 12.6. The SMILES string of the molecule is CCN1CCCC(Nc2cc3c(cc2N)NC(=O)CC3)C1. The minimum absolute atomic E-state index is 0.0773. The van der Waals surface area contributed by atoms with Crippen molar-refractivity contribution in [3.05, 3.63) is 17.7 Å². The lowest BCUT2D eigenvalue weighted by Crippen LogP contribution is -2.41. The van der Waals surface area contributed by atoms with Crippen molar-refractivity contribution in [1.29, 1.82) is 0 Å². The number of nitrogens with one attached hydrogen (secondary N) is 2. The summed E-state index contributed by atoms with van der Waals surface area (Å²) in [5.41, 5.74) is 9.91. The third-order valence-electron chi connectivity index (χ3n) is 4.48. The van der Waals surface area contributed by atoms with Crippen LogP contribution in [0.5, 0.6) is 0 Å². The number of carbonyl (C=O) groups excluding carboxylic acids is 1. The van der Waals surface area contributed by atoms with Crippen LogP contribution in [-0.4, -0.2) is 36.5 Å². The van der Waals surface area contributed by atoms with E-state index in [9.17, 15) is 4.79 Å². The molecule has 1 saturated heterocycles. The van der Waals surface area contributed by atoms with Gasteiger partial charge >= 0.3 is 0 Å². The number of nitrogens with two attached hydrogens (primary N) is 1. The predicted molar refractivity (Wildman–Crippen MR) is 86.6 cm³/mol. The summed E-state index contributed by atoms with van der Waals surface area (Å²) in [4.78, 5) is 13.9. The Bertz CT molecular complexity index is 543. The minimum atomic E-state index is 0.0773. The summed E-state index contributed by atoms with van der Waals surface area (Å²) < 4.78 is 0. The average Bonchev–Trinajstić information content (AvgIpc) is 2.48. The first-order chi connectivity index (χ1) is 10.2. The molecule has 0 aliphatic carbocycles. The van der Waals surface area contributed by atoms with E-state index in [0.717, 1.165) is 30.9 Å². The molecule has 0 bridgehead atoms. The van der Waals surface area contributed by atoms with Gasteiger partial charge < -0.3 is 21.3 Å². The third-order valence-corrected chi connectivity index (χ3v) is 4.48. The molecule has 0 saturated carbocycles. The van der Waals surface area contributed by atoms with E-state index in [-0.39, 0.29) is 5.91 Å². The van der Waals surface area contributed by atoms with Crippen molar-refractivity contribution in [2.45, 2.75) is 38.6 Å². The quantitative estimate of drug-likeness (QED) is 0.745. The summed E-state index contributed by atoms with van der Waals surface area (Å²) in [6.07, 6.45) is 3.77. The monoisotopic (exact) mass is 288 g/mol. The Hall–Kier alpha value is -1.75. The fourth-order valence-electron chi connectivity index (χ4n) is 3.25. The summed E-state index contributed by atoms with van der Waals surface area (Å²) in [6, 6.07) is 4.45. The van der Waals surface area contributed by atoms with E-state index in [1.54, 1.807) is 0 Å². The van der Waals surface area contributed by atoms with Crippen LogP contribution in [0, 0.1) is 0 Å². The molecule has 1 amide bonds. The van der Waals surface area contributed by atoms with Gasteiger partial charge in [0.25, 0.3) is 0 Å². The van der Waals surface area contributed by atoms with E-state index >= 15 is 0 Å². The summed E-state index contributed by atoms with van der Waals surface area (Å²) in [7, 11) is 0. The van der Waals surface area contributed by atoms with Gasteiger partial charge in [0.05, 0.1) is 11.4 Å². The molecule has 3 rings (SSSR count). The van der Waals surface area contributed by atoms with Gasteiger partial charge in [-0.25, -0.2) is 0 Å². The number of hydrogen-bond donors (Lipinski definition) is 3. The third kappa shape index (κ3) is 3.13. The number of likely N-dealkylation sites (N-methyl/N-ethyl adjacent to an activating group) is 1. The second kappa shape index (κ2) is 5.93. The fourth-order valence-corrected chi connectivity index (χ4v) is 3.25. The van der Waals surface area contributed by atoms with Gasteiger partial charge in [0.1, 0.15) is 0 Å². The first-order valence-electron chi connectivity index (χ1n) is 7.87. The molecule has 1 fully saturated rings. The Morgan fingerprint density at radius 1 is 1.43 bits per heavy atom. The molecule has 0 radical (unpaired) electrons. The number of hydrogen-bond acceptors (Lipinski definition) is 4. The molecule has 0 spiro atoms. The fraction of sp³-hybridized carbons (Fsp3) is 0.562. The summed E-state index contributed by atoms with van der Waals surface area (Å²) in [5, 5.41) is 6.49. The van der Waals surface area contributed by atoms with Crippen LogP contribution < -0.4 is 16.4 Å². The number of aryl methyl sites for hydroxylation is 1. The van der Waals surface area contributed by atoms with E-state index in [4.69, 9.17) is 5.73 Å². The number of piperidine rings is 1. The number of benzene rings is 1. The molecule has 5 heteroatoms. The highest BCUT2D eigenvalue weighted by Gasteiger charge is 2.21. The van der Waals surface area contributed by atoms with Gasteiger partial charge in [-0.2, -0.15) is 0 Å². The van der Waals surface area contributed by atoms with Crippen molar-refractivity contribution < 1.29 is 4.79 Å². The maximum absolute atomic E-state index is 11.4. The van der Waals surface area contributed by atoms with Crippen LogP contribution in [0.4, 0.5) is 17.1 Å². The van der Waals surface area contributed by atoms with E-state index in [1.165, 1.54) is 24.9 Å². The second-order valence-corrected chi connectivity index (χ2v) is 6.02. The number of likely N-dealkylation sites (tertiary alicyclic amines) is 1. The summed E-state index contributed by atoms with van der Waals surface area (Å²) in [6.45, 7) is 5.58. The lowest BCUT2D eigenvalue weighted by molar-refractivity contribution is -0.116. The normalized spacial score (nSPS) is 22.5. The second-order valence-electron chi connectivity index (χ2n) is 6.02. The van der Waals surface area contributed by atoms with Crippen LogP contribution in [-0.2, 0) is 11.2 Å². The number of carbonyl (C=O) groups is 1. The number of fused-ring (bicyclic) bond motifs is 1. The van der Waals surface area contributed by atoms with E-state index in [0.29, 0.717) is 18.2 Å². The summed E-state index contributed by atoms with van der Waals surface area (Å²) >= 11 is 0. The molecule has 2 heterocycles. The number of rotatable bonds is 3. The minimum Gasteiger partial charge on any atom is -0.397 e. The first kappa shape index (κ1) is 14.2. The molecule has 1 atom stereocenters.